The van der Waals surface area contributed by atoms with E-state index in [-0.39, 0.29) is 36.9 Å². The predicted octanol–water partition coefficient (Wildman–Crippen LogP) is 6.87. The number of carboxylic acids is 1. The van der Waals surface area contributed by atoms with E-state index in [9.17, 15) is 38.8 Å². The standard InChI is InChI=1S/C40H70NO13P/c1-3-5-7-8-9-10-11-12-13-14-20-24-39(46)54-32(29-52-55(49,50)53-30-35(41)40(47)48)28-51-38(45)23-19-16-15-18-22-33-34(37(44)27-36(33)43)26-25-31(42)21-17-6-4-2/h8-9,25-26,31-35,37,42,44H,3-7,10-24,27-30,41H2,1-2H3,(H,47,48)(H,49,50)/b9-8-,26-25+/t31-,32+,33+,34+,35-,37+/m0/s1. The first-order valence-corrected chi connectivity index (χ1v) is 22.0. The summed E-state index contributed by atoms with van der Waals surface area (Å²) in [6, 6.07) is -1.56. The lowest BCUT2D eigenvalue weighted by molar-refractivity contribution is -0.161. The lowest BCUT2D eigenvalue weighted by atomic mass is 9.88. The number of carbonyl (C=O) groups is 4. The number of phosphoric ester groups is 1. The van der Waals surface area contributed by atoms with Gasteiger partial charge in [-0.2, -0.15) is 0 Å². The van der Waals surface area contributed by atoms with E-state index in [1.54, 1.807) is 12.2 Å². The maximum atomic E-state index is 12.6. The van der Waals surface area contributed by atoms with Crippen molar-refractivity contribution in [2.75, 3.05) is 19.8 Å². The summed E-state index contributed by atoms with van der Waals surface area (Å²) in [6.45, 7) is 2.39. The van der Waals surface area contributed by atoms with E-state index in [0.717, 1.165) is 70.6 Å². The van der Waals surface area contributed by atoms with E-state index in [4.69, 9.17) is 24.8 Å². The molecule has 0 aromatic heterocycles. The van der Waals surface area contributed by atoms with Gasteiger partial charge in [0, 0.05) is 31.1 Å². The Morgan fingerprint density at radius 2 is 1.44 bits per heavy atom. The minimum atomic E-state index is -4.77. The number of hydrogen-bond acceptors (Lipinski definition) is 12. The summed E-state index contributed by atoms with van der Waals surface area (Å²) in [4.78, 5) is 58.6. The third-order valence-corrected chi connectivity index (χ3v) is 10.5. The van der Waals surface area contributed by atoms with Crippen LogP contribution in [-0.2, 0) is 42.3 Å². The molecule has 1 aliphatic carbocycles. The first-order valence-electron chi connectivity index (χ1n) is 20.5. The van der Waals surface area contributed by atoms with E-state index in [1.165, 1.54) is 12.8 Å². The molecule has 7 atom stereocenters. The monoisotopic (exact) mass is 803 g/mol. The lowest BCUT2D eigenvalue weighted by Gasteiger charge is -2.20. The number of phosphoric acid groups is 1. The molecule has 0 heterocycles. The third kappa shape index (κ3) is 25.4. The molecule has 0 bridgehead atoms. The molecule has 6 N–H and O–H groups in total. The molecule has 0 amide bonds. The number of hydrogen-bond donors (Lipinski definition) is 5. The van der Waals surface area contributed by atoms with Gasteiger partial charge < -0.3 is 35.4 Å². The maximum Gasteiger partial charge on any atom is 0.472 e. The lowest BCUT2D eigenvalue weighted by Crippen LogP contribution is -2.34. The number of unbranched alkanes of at least 4 members (excludes halogenated alkanes) is 12. The third-order valence-electron chi connectivity index (χ3n) is 9.57. The largest absolute Gasteiger partial charge is 0.480 e. The molecule has 1 unspecified atom stereocenters. The number of Topliss-reactive ketones (excluding diaryl/α,β-unsaturated/α-hetero) is 1. The summed E-state index contributed by atoms with van der Waals surface area (Å²) in [5, 5.41) is 29.5. The summed E-state index contributed by atoms with van der Waals surface area (Å²) >= 11 is 0. The zero-order valence-electron chi connectivity index (χ0n) is 33.2. The summed E-state index contributed by atoms with van der Waals surface area (Å²) in [5.74, 6) is -3.18. The molecule has 14 nitrogen and oxygen atoms in total. The van der Waals surface area contributed by atoms with Gasteiger partial charge in [0.15, 0.2) is 6.10 Å². The molecule has 0 radical (unpaired) electrons. The topological polar surface area (TPSA) is 229 Å². The van der Waals surface area contributed by atoms with Gasteiger partial charge in [0.25, 0.3) is 0 Å². The van der Waals surface area contributed by atoms with Crippen LogP contribution in [0, 0.1) is 11.8 Å². The van der Waals surface area contributed by atoms with Gasteiger partial charge in [0.05, 0.1) is 25.4 Å². The second-order valence-corrected chi connectivity index (χ2v) is 16.0. The van der Waals surface area contributed by atoms with E-state index in [0.29, 0.717) is 32.1 Å². The molecule has 0 aliphatic heterocycles. The highest BCUT2D eigenvalue weighted by molar-refractivity contribution is 7.47. The van der Waals surface area contributed by atoms with Crippen molar-refractivity contribution < 1.29 is 62.5 Å². The molecule has 1 saturated carbocycles. The number of carboxylic acid groups (broad SMARTS) is 1. The van der Waals surface area contributed by atoms with Gasteiger partial charge in [-0.3, -0.25) is 28.2 Å². The van der Waals surface area contributed by atoms with Crippen molar-refractivity contribution in [2.45, 2.75) is 173 Å². The van der Waals surface area contributed by atoms with Gasteiger partial charge in [0.2, 0.25) is 0 Å². The SMILES string of the molecule is CCCC/C=C\CCCCCCCC(=O)O[C@H](COC(=O)CCCCCC[C@H]1C(=O)C[C@@H](O)[C@@H]1/C=C/[C@@H](O)CCCCC)COP(=O)(O)OC[C@H](N)C(=O)O. The second-order valence-electron chi connectivity index (χ2n) is 14.5. The number of esters is 2. The molecule has 1 rings (SSSR count). The van der Waals surface area contributed by atoms with Gasteiger partial charge in [-0.25, -0.2) is 4.57 Å². The smallest absolute Gasteiger partial charge is 0.472 e. The summed E-state index contributed by atoms with van der Waals surface area (Å²) in [6.07, 6.45) is 21.6. The van der Waals surface area contributed by atoms with Gasteiger partial charge >= 0.3 is 25.7 Å². The Balaban J connectivity index is 2.51. The first kappa shape index (κ1) is 50.6. The number of aliphatic hydroxyl groups is 2. The van der Waals surface area contributed by atoms with Crippen LogP contribution in [0.2, 0.25) is 0 Å². The number of rotatable bonds is 34. The number of aliphatic carboxylic acids is 1. The number of nitrogens with two attached hydrogens (primary N) is 1. The number of ketones is 1. The van der Waals surface area contributed by atoms with Crippen molar-refractivity contribution in [2.24, 2.45) is 17.6 Å². The molecule has 318 valence electrons. The van der Waals surface area contributed by atoms with Gasteiger partial charge in [-0.1, -0.05) is 109 Å². The Hall–Kier alpha value is -2.45. The summed E-state index contributed by atoms with van der Waals surface area (Å²) in [5.41, 5.74) is 5.31. The van der Waals surface area contributed by atoms with Crippen molar-refractivity contribution >= 4 is 31.5 Å². The zero-order valence-corrected chi connectivity index (χ0v) is 34.1. The van der Waals surface area contributed by atoms with Crippen LogP contribution in [0.5, 0.6) is 0 Å². The van der Waals surface area contributed by atoms with Crippen molar-refractivity contribution in [1.82, 2.24) is 0 Å². The first-order chi connectivity index (χ1) is 26.3. The molecular formula is C40H70NO13P. The molecule has 0 aromatic rings. The predicted molar refractivity (Wildman–Crippen MR) is 209 cm³/mol. The Morgan fingerprint density at radius 3 is 2.11 bits per heavy atom. The molecule has 55 heavy (non-hydrogen) atoms. The zero-order chi connectivity index (χ0) is 40.9. The Kier molecular flexibility index (Phi) is 28.2. The van der Waals surface area contributed by atoms with Crippen molar-refractivity contribution in [1.29, 1.82) is 0 Å². The van der Waals surface area contributed by atoms with Crippen LogP contribution < -0.4 is 5.73 Å². The minimum Gasteiger partial charge on any atom is -0.480 e. The second kappa shape index (κ2) is 30.7. The molecular weight excluding hydrogens is 733 g/mol. The highest BCUT2D eigenvalue weighted by Gasteiger charge is 2.39. The Bertz CT molecular complexity index is 1200. The van der Waals surface area contributed by atoms with Crippen LogP contribution in [0.4, 0.5) is 0 Å². The van der Waals surface area contributed by atoms with E-state index < -0.39 is 69.9 Å². The Labute approximate surface area is 328 Å². The van der Waals surface area contributed by atoms with Crippen molar-refractivity contribution in [3.8, 4) is 0 Å². The number of carbonyl (C=O) groups excluding carboxylic acids is 3. The minimum absolute atomic E-state index is 0.0232. The van der Waals surface area contributed by atoms with Crippen LogP contribution in [0.15, 0.2) is 24.3 Å². The van der Waals surface area contributed by atoms with Crippen LogP contribution in [-0.4, -0.2) is 88.1 Å². The highest BCUT2D eigenvalue weighted by Crippen LogP contribution is 2.43. The van der Waals surface area contributed by atoms with Crippen LogP contribution in [0.3, 0.4) is 0 Å². The Morgan fingerprint density at radius 1 is 0.836 bits per heavy atom. The normalized spacial score (nSPS) is 20.1. The van der Waals surface area contributed by atoms with Gasteiger partial charge in [-0.15, -0.1) is 0 Å². The molecule has 1 aliphatic rings. The molecule has 0 spiro atoms. The molecule has 15 heteroatoms. The van der Waals surface area contributed by atoms with Crippen LogP contribution in [0.1, 0.15) is 149 Å². The quantitative estimate of drug-likeness (QED) is 0.0194. The number of allylic oxidation sites excluding steroid dienone is 2. The van der Waals surface area contributed by atoms with Crippen molar-refractivity contribution in [3.05, 3.63) is 24.3 Å². The van der Waals surface area contributed by atoms with Gasteiger partial charge in [-0.05, 0) is 44.9 Å². The van der Waals surface area contributed by atoms with E-state index >= 15 is 0 Å². The molecule has 0 saturated heterocycles. The number of ether oxygens (including phenoxy) is 2. The molecule has 0 aromatic carbocycles. The average Bonchev–Trinajstić information content (AvgIpc) is 3.41. The van der Waals surface area contributed by atoms with Crippen LogP contribution >= 0.6 is 7.82 Å². The number of aliphatic hydroxyl groups excluding tert-OH is 2. The fraction of sp³-hybridized carbons (Fsp3) is 0.800. The fourth-order valence-electron chi connectivity index (χ4n) is 6.23. The van der Waals surface area contributed by atoms with E-state index in [2.05, 4.69) is 30.5 Å². The van der Waals surface area contributed by atoms with Crippen molar-refractivity contribution in [3.63, 3.8) is 0 Å². The molecule has 1 fully saturated rings. The van der Waals surface area contributed by atoms with E-state index in [1.807, 2.05) is 0 Å². The highest BCUT2D eigenvalue weighted by atomic mass is 31.2. The van der Waals surface area contributed by atoms with Gasteiger partial charge in [0.1, 0.15) is 18.4 Å². The maximum absolute atomic E-state index is 12.6. The fourth-order valence-corrected chi connectivity index (χ4v) is 7.01. The van der Waals surface area contributed by atoms with Crippen LogP contribution in [0.25, 0.3) is 0 Å². The average molecular weight is 804 g/mol. The summed E-state index contributed by atoms with van der Waals surface area (Å²) < 4.78 is 32.6. The summed E-state index contributed by atoms with van der Waals surface area (Å²) in [7, 11) is -4.77.